The lowest BCUT2D eigenvalue weighted by Gasteiger charge is -2.22. The van der Waals surface area contributed by atoms with Crippen molar-refractivity contribution >= 4 is 29.8 Å². The summed E-state index contributed by atoms with van der Waals surface area (Å²) in [7, 11) is 0. The van der Waals surface area contributed by atoms with E-state index in [4.69, 9.17) is 11.6 Å². The second kappa shape index (κ2) is 9.18. The van der Waals surface area contributed by atoms with Crippen molar-refractivity contribution in [2.75, 3.05) is 18.4 Å². The van der Waals surface area contributed by atoms with Crippen LogP contribution in [0.4, 0.5) is 23.9 Å². The third kappa shape index (κ3) is 4.77. The highest BCUT2D eigenvalue weighted by molar-refractivity contribution is 6.28. The van der Waals surface area contributed by atoms with Gasteiger partial charge < -0.3 is 10.6 Å². The zero-order chi connectivity index (χ0) is 22.7. The van der Waals surface area contributed by atoms with E-state index in [9.17, 15) is 18.0 Å². The summed E-state index contributed by atoms with van der Waals surface area (Å²) < 4.78 is 42.1. The van der Waals surface area contributed by atoms with E-state index in [0.29, 0.717) is 12.0 Å². The van der Waals surface area contributed by atoms with Crippen molar-refractivity contribution in [1.29, 1.82) is 0 Å². The molecule has 2 aromatic heterocycles. The Morgan fingerprint density at radius 2 is 1.94 bits per heavy atom. The lowest BCUT2D eigenvalue weighted by molar-refractivity contribution is 0.186. The minimum atomic E-state index is -0.733. The van der Waals surface area contributed by atoms with Crippen molar-refractivity contribution in [3.63, 3.8) is 0 Å². The number of urea groups is 1. The third-order valence-corrected chi connectivity index (χ3v) is 4.57. The molecule has 14 heteroatoms. The van der Waals surface area contributed by atoms with Gasteiger partial charge >= 0.3 is 6.03 Å². The average Bonchev–Trinajstić information content (AvgIpc) is 3.41. The van der Waals surface area contributed by atoms with Crippen LogP contribution >= 0.6 is 11.6 Å². The molecule has 3 heterocycles. The van der Waals surface area contributed by atoms with Crippen molar-refractivity contribution in [3.8, 4) is 5.82 Å². The molecule has 0 spiro atoms. The molecule has 2 N–H and O–H groups in total. The quantitative estimate of drug-likeness (QED) is 0.541. The number of hydrogen-bond acceptors (Lipinski definition) is 7. The van der Waals surface area contributed by atoms with Crippen LogP contribution in [-0.2, 0) is 0 Å². The van der Waals surface area contributed by atoms with E-state index in [-0.39, 0.29) is 30.1 Å². The minimum Gasteiger partial charge on any atom is -0.352 e. The highest BCUT2D eigenvalue weighted by Gasteiger charge is 2.28. The highest BCUT2D eigenvalue weighted by Crippen LogP contribution is 2.29. The van der Waals surface area contributed by atoms with E-state index < -0.39 is 29.5 Å². The molecule has 0 radical (unpaired) electrons. The van der Waals surface area contributed by atoms with Gasteiger partial charge in [0.05, 0.1) is 12.2 Å². The molecule has 1 aliphatic heterocycles. The zero-order valence-corrected chi connectivity index (χ0v) is 17.0. The fourth-order valence-corrected chi connectivity index (χ4v) is 3.15. The molecule has 166 valence electrons. The second-order valence-corrected chi connectivity index (χ2v) is 6.92. The van der Waals surface area contributed by atoms with Gasteiger partial charge in [0, 0.05) is 31.8 Å². The van der Waals surface area contributed by atoms with Crippen LogP contribution in [0.3, 0.4) is 0 Å². The summed E-state index contributed by atoms with van der Waals surface area (Å²) in [6.07, 6.45) is 3.98. The van der Waals surface area contributed by atoms with Crippen LogP contribution in [-0.4, -0.2) is 55.1 Å². The SMILES string of the molecule is O=C(NCCNc1ncc(F)c(-n2cnc(Cl)n2)n1)N1N=CC[C@H]1c1cc(F)cc(F)c1. The van der Waals surface area contributed by atoms with E-state index in [2.05, 4.69) is 35.8 Å². The molecule has 3 aromatic rings. The fourth-order valence-electron chi connectivity index (χ4n) is 3.03. The lowest BCUT2D eigenvalue weighted by Crippen LogP contribution is -2.39. The predicted molar refractivity (Wildman–Crippen MR) is 108 cm³/mol. The molecule has 4 rings (SSSR count). The molecular formula is C18H15ClF3N9O. The van der Waals surface area contributed by atoms with Crippen LogP contribution in [0.2, 0.25) is 5.28 Å². The first-order chi connectivity index (χ1) is 15.4. The van der Waals surface area contributed by atoms with Crippen LogP contribution in [0, 0.1) is 17.5 Å². The van der Waals surface area contributed by atoms with Gasteiger partial charge in [-0.2, -0.15) is 14.8 Å². The van der Waals surface area contributed by atoms with Crippen LogP contribution in [0.25, 0.3) is 5.82 Å². The first kappa shape index (κ1) is 21.5. The Balaban J connectivity index is 1.33. The summed E-state index contributed by atoms with van der Waals surface area (Å²) in [5, 5.41) is 14.3. The van der Waals surface area contributed by atoms with Crippen LogP contribution < -0.4 is 10.6 Å². The Morgan fingerprint density at radius 3 is 2.66 bits per heavy atom. The number of hydrazone groups is 1. The van der Waals surface area contributed by atoms with Gasteiger partial charge in [0.25, 0.3) is 0 Å². The zero-order valence-electron chi connectivity index (χ0n) is 16.2. The number of aromatic nitrogens is 5. The number of hydrogen-bond donors (Lipinski definition) is 2. The number of carbonyl (C=O) groups excluding carboxylic acids is 1. The molecule has 1 atom stereocenters. The largest absolute Gasteiger partial charge is 0.352 e. The summed E-state index contributed by atoms with van der Waals surface area (Å²) in [6, 6.07) is 1.92. The Hall–Kier alpha value is -3.74. The van der Waals surface area contributed by atoms with Crippen molar-refractivity contribution < 1.29 is 18.0 Å². The topological polar surface area (TPSA) is 113 Å². The van der Waals surface area contributed by atoms with Gasteiger partial charge in [-0.25, -0.2) is 32.9 Å². The monoisotopic (exact) mass is 465 g/mol. The standard InChI is InChI=1S/C18H15ClF3N9O/c19-16-26-9-30(29-16)15-13(22)8-25-17(28-15)23-3-4-24-18(32)31-14(1-2-27-31)10-5-11(20)7-12(21)6-10/h2,5-9,14H,1,3-4H2,(H,24,32)(H,23,25,28)/t14-/m0/s1. The van der Waals surface area contributed by atoms with E-state index in [1.165, 1.54) is 12.5 Å². The molecule has 0 saturated heterocycles. The lowest BCUT2D eigenvalue weighted by atomic mass is 10.0. The number of rotatable bonds is 6. The normalized spacial score (nSPS) is 15.2. The van der Waals surface area contributed by atoms with Crippen molar-refractivity contribution in [3.05, 3.63) is 59.0 Å². The molecule has 10 nitrogen and oxygen atoms in total. The van der Waals surface area contributed by atoms with Crippen molar-refractivity contribution in [1.82, 2.24) is 35.1 Å². The molecule has 32 heavy (non-hydrogen) atoms. The van der Waals surface area contributed by atoms with E-state index in [1.807, 2.05) is 0 Å². The van der Waals surface area contributed by atoms with Gasteiger partial charge in [0.2, 0.25) is 11.2 Å². The van der Waals surface area contributed by atoms with Crippen molar-refractivity contribution in [2.24, 2.45) is 5.10 Å². The number of anilines is 1. The first-order valence-electron chi connectivity index (χ1n) is 9.30. The van der Waals surface area contributed by atoms with Crippen LogP contribution in [0.1, 0.15) is 18.0 Å². The maximum atomic E-state index is 14.0. The van der Waals surface area contributed by atoms with E-state index in [0.717, 1.165) is 34.1 Å². The summed E-state index contributed by atoms with van der Waals surface area (Å²) >= 11 is 5.64. The summed E-state index contributed by atoms with van der Waals surface area (Å²) in [6.45, 7) is 0.339. The average molecular weight is 466 g/mol. The van der Waals surface area contributed by atoms with Crippen LogP contribution in [0.5, 0.6) is 0 Å². The number of nitrogens with zero attached hydrogens (tertiary/aromatic N) is 7. The molecule has 0 unspecified atom stereocenters. The molecule has 2 amide bonds. The van der Waals surface area contributed by atoms with E-state index >= 15 is 0 Å². The Labute approximate surface area is 184 Å². The number of halogens is 4. The summed E-state index contributed by atoms with van der Waals surface area (Å²) in [4.78, 5) is 24.0. The molecule has 0 fully saturated rings. The van der Waals surface area contributed by atoms with Crippen molar-refractivity contribution in [2.45, 2.75) is 12.5 Å². The number of amides is 2. The van der Waals surface area contributed by atoms with Gasteiger partial charge in [0.15, 0.2) is 11.6 Å². The van der Waals surface area contributed by atoms with Gasteiger partial charge in [-0.1, -0.05) is 0 Å². The third-order valence-electron chi connectivity index (χ3n) is 4.40. The number of nitrogens with one attached hydrogen (secondary N) is 2. The molecule has 1 aliphatic rings. The molecule has 0 saturated carbocycles. The highest BCUT2D eigenvalue weighted by atomic mass is 35.5. The first-order valence-corrected chi connectivity index (χ1v) is 9.68. The fraction of sp³-hybridized carbons (Fsp3) is 0.222. The number of benzene rings is 1. The Bertz CT molecular complexity index is 1150. The summed E-state index contributed by atoms with van der Waals surface area (Å²) in [5.41, 5.74) is 0.300. The molecule has 0 aliphatic carbocycles. The maximum Gasteiger partial charge on any atom is 0.338 e. The van der Waals surface area contributed by atoms with Crippen LogP contribution in [0.15, 0.2) is 35.8 Å². The summed E-state index contributed by atoms with van der Waals surface area (Å²) in [5.74, 6) is -2.25. The van der Waals surface area contributed by atoms with Gasteiger partial charge in [-0.3, -0.25) is 0 Å². The minimum absolute atomic E-state index is 0.0657. The van der Waals surface area contributed by atoms with Gasteiger partial charge in [0.1, 0.15) is 18.0 Å². The Kier molecular flexibility index (Phi) is 6.16. The van der Waals surface area contributed by atoms with E-state index in [1.54, 1.807) is 0 Å². The smallest absolute Gasteiger partial charge is 0.338 e. The molecule has 1 aromatic carbocycles. The predicted octanol–water partition coefficient (Wildman–Crippen LogP) is 2.68. The molecule has 0 bridgehead atoms. The number of carbonyl (C=O) groups is 1. The second-order valence-electron chi connectivity index (χ2n) is 6.58. The van der Waals surface area contributed by atoms with Gasteiger partial charge in [-0.05, 0) is 29.3 Å². The molecular weight excluding hydrogens is 451 g/mol. The Morgan fingerprint density at radius 1 is 1.16 bits per heavy atom. The van der Waals surface area contributed by atoms with Gasteiger partial charge in [-0.15, -0.1) is 5.10 Å². The maximum absolute atomic E-state index is 14.0.